The maximum Gasteiger partial charge on any atom is 0.333 e. The zero-order valence-electron chi connectivity index (χ0n) is 14.9. The number of carboxylic acid groups (broad SMARTS) is 1. The van der Waals surface area contributed by atoms with Crippen LogP contribution in [0.5, 0.6) is 0 Å². The third kappa shape index (κ3) is 5.69. The van der Waals surface area contributed by atoms with E-state index in [0.717, 1.165) is 0 Å². The van der Waals surface area contributed by atoms with Gasteiger partial charge in [-0.05, 0) is 46.5 Å². The minimum absolute atomic E-state index is 0.167. The number of ether oxygens (including phenoxy) is 3. The number of carboxylic acids is 1. The summed E-state index contributed by atoms with van der Waals surface area (Å²) >= 11 is 0. The van der Waals surface area contributed by atoms with Gasteiger partial charge in [-0.2, -0.15) is 5.06 Å². The van der Waals surface area contributed by atoms with Crippen LogP contribution in [-0.2, 0) is 19.0 Å². The predicted octanol–water partition coefficient (Wildman–Crippen LogP) is 1.78. The number of rotatable bonds is 9. The maximum atomic E-state index is 11.6. The van der Waals surface area contributed by atoms with Crippen molar-refractivity contribution in [1.29, 1.82) is 0 Å². The lowest BCUT2D eigenvalue weighted by Gasteiger charge is -2.52. The summed E-state index contributed by atoms with van der Waals surface area (Å²) in [6, 6.07) is 0. The van der Waals surface area contributed by atoms with E-state index in [0.29, 0.717) is 32.7 Å². The number of hydrogen-bond donors (Lipinski definition) is 2. The maximum absolute atomic E-state index is 11.6. The van der Waals surface area contributed by atoms with Gasteiger partial charge in [-0.15, -0.1) is 0 Å². The van der Waals surface area contributed by atoms with Gasteiger partial charge in [-0.1, -0.05) is 0 Å². The van der Waals surface area contributed by atoms with Gasteiger partial charge in [0.25, 0.3) is 0 Å². The van der Waals surface area contributed by atoms with Crippen LogP contribution in [0, 0.1) is 5.92 Å². The first-order valence-corrected chi connectivity index (χ1v) is 8.02. The van der Waals surface area contributed by atoms with E-state index in [4.69, 9.17) is 14.2 Å². The number of methoxy groups -OCH3 is 1. The summed E-state index contributed by atoms with van der Waals surface area (Å²) in [6.45, 7) is 9.16. The molecule has 1 aliphatic heterocycles. The van der Waals surface area contributed by atoms with E-state index in [9.17, 15) is 15.1 Å². The van der Waals surface area contributed by atoms with Crippen LogP contribution in [0.25, 0.3) is 0 Å². The quantitative estimate of drug-likeness (QED) is 0.622. The Labute approximate surface area is 138 Å². The average Bonchev–Trinajstić information content (AvgIpc) is 2.42. The second-order valence-corrected chi connectivity index (χ2v) is 7.34. The van der Waals surface area contributed by atoms with Gasteiger partial charge in [0.05, 0.1) is 26.4 Å². The highest BCUT2D eigenvalue weighted by atomic mass is 16.6. The topological polar surface area (TPSA) is 88.5 Å². The number of hydrogen-bond acceptors (Lipinski definition) is 6. The van der Waals surface area contributed by atoms with Crippen molar-refractivity contribution < 1.29 is 29.3 Å². The molecule has 23 heavy (non-hydrogen) atoms. The fourth-order valence-electron chi connectivity index (χ4n) is 3.45. The smallest absolute Gasteiger partial charge is 0.333 e. The zero-order valence-corrected chi connectivity index (χ0v) is 14.9. The summed E-state index contributed by atoms with van der Waals surface area (Å²) < 4.78 is 15.7. The van der Waals surface area contributed by atoms with Gasteiger partial charge < -0.3 is 24.5 Å². The van der Waals surface area contributed by atoms with Crippen LogP contribution in [0.2, 0.25) is 0 Å². The Hall–Kier alpha value is -0.730. The van der Waals surface area contributed by atoms with Crippen molar-refractivity contribution in [3.8, 4) is 0 Å². The summed E-state index contributed by atoms with van der Waals surface area (Å²) in [5.74, 6) is -1.13. The van der Waals surface area contributed by atoms with Crippen LogP contribution >= 0.6 is 0 Å². The fraction of sp³-hybridized carbons (Fsp3) is 0.938. The highest BCUT2D eigenvalue weighted by Crippen LogP contribution is 2.41. The molecule has 2 N–H and O–H groups in total. The molecule has 0 bridgehead atoms. The molecule has 1 heterocycles. The molecule has 0 aliphatic carbocycles. The molecule has 0 saturated carbocycles. The molecule has 1 rings (SSSR count). The molecule has 136 valence electrons. The van der Waals surface area contributed by atoms with E-state index < -0.39 is 23.2 Å². The van der Waals surface area contributed by atoms with Crippen LogP contribution in [-0.4, -0.2) is 72.1 Å². The molecule has 7 nitrogen and oxygen atoms in total. The van der Waals surface area contributed by atoms with Crippen molar-refractivity contribution in [3.63, 3.8) is 0 Å². The second kappa shape index (κ2) is 8.39. The Balaban J connectivity index is 2.61. The molecular formula is C16H31NO6. The molecule has 0 radical (unpaired) electrons. The third-order valence-corrected chi connectivity index (χ3v) is 4.30. The summed E-state index contributed by atoms with van der Waals surface area (Å²) in [5.41, 5.74) is -1.00. The summed E-state index contributed by atoms with van der Waals surface area (Å²) in [7, 11) is 1.59. The lowest BCUT2D eigenvalue weighted by molar-refractivity contribution is -0.258. The number of carbonyl (C=O) groups is 1. The van der Waals surface area contributed by atoms with Crippen molar-refractivity contribution >= 4 is 5.97 Å². The third-order valence-electron chi connectivity index (χ3n) is 4.30. The van der Waals surface area contributed by atoms with Crippen LogP contribution in [0.3, 0.4) is 0 Å². The van der Waals surface area contributed by atoms with E-state index in [1.165, 1.54) is 5.06 Å². The van der Waals surface area contributed by atoms with E-state index in [1.54, 1.807) is 7.11 Å². The molecule has 0 amide bonds. The summed E-state index contributed by atoms with van der Waals surface area (Å²) in [4.78, 5) is 11.6. The van der Waals surface area contributed by atoms with Gasteiger partial charge in [0, 0.05) is 18.2 Å². The first-order valence-electron chi connectivity index (χ1n) is 8.02. The SMILES string of the molecule is COCCOCCOC(C(=O)O)C1CC(C)(C)N(O)C(C)(C)C1. The first-order chi connectivity index (χ1) is 10.6. The molecule has 1 saturated heterocycles. The fourth-order valence-corrected chi connectivity index (χ4v) is 3.45. The van der Waals surface area contributed by atoms with Crippen LogP contribution in [0.4, 0.5) is 0 Å². The molecular weight excluding hydrogens is 302 g/mol. The highest BCUT2D eigenvalue weighted by Gasteiger charge is 2.48. The van der Waals surface area contributed by atoms with Crippen molar-refractivity contribution in [2.24, 2.45) is 5.92 Å². The molecule has 0 spiro atoms. The monoisotopic (exact) mass is 333 g/mol. The Bertz CT molecular complexity index is 367. The van der Waals surface area contributed by atoms with Gasteiger partial charge in [-0.3, -0.25) is 0 Å². The number of piperidine rings is 1. The lowest BCUT2D eigenvalue weighted by Crippen LogP contribution is -2.61. The van der Waals surface area contributed by atoms with Gasteiger partial charge >= 0.3 is 5.97 Å². The van der Waals surface area contributed by atoms with E-state index in [-0.39, 0.29) is 12.5 Å². The largest absolute Gasteiger partial charge is 0.479 e. The number of nitrogens with zero attached hydrogens (tertiary/aromatic N) is 1. The molecule has 1 unspecified atom stereocenters. The molecule has 7 heteroatoms. The second-order valence-electron chi connectivity index (χ2n) is 7.34. The minimum atomic E-state index is -0.968. The lowest BCUT2D eigenvalue weighted by atomic mass is 9.73. The van der Waals surface area contributed by atoms with Crippen LogP contribution in [0.1, 0.15) is 40.5 Å². The standard InChI is InChI=1S/C16H31NO6/c1-15(2)10-12(11-16(3,4)17(15)20)13(14(18)19)23-9-8-22-7-6-21-5/h12-13,20H,6-11H2,1-5H3,(H,18,19). The van der Waals surface area contributed by atoms with Crippen molar-refractivity contribution in [3.05, 3.63) is 0 Å². The Kier molecular flexibility index (Phi) is 7.41. The Morgan fingerprint density at radius 1 is 1.13 bits per heavy atom. The molecule has 1 atom stereocenters. The normalized spacial score (nSPS) is 22.9. The predicted molar refractivity (Wildman–Crippen MR) is 84.6 cm³/mol. The first kappa shape index (κ1) is 20.3. The zero-order chi connectivity index (χ0) is 17.7. The average molecular weight is 333 g/mol. The summed E-state index contributed by atoms with van der Waals surface area (Å²) in [6.07, 6.45) is 0.205. The molecule has 1 aliphatic rings. The van der Waals surface area contributed by atoms with Crippen molar-refractivity contribution in [2.75, 3.05) is 33.5 Å². The molecule has 0 aromatic rings. The van der Waals surface area contributed by atoms with E-state index >= 15 is 0 Å². The molecule has 1 fully saturated rings. The number of aliphatic carboxylic acids is 1. The summed E-state index contributed by atoms with van der Waals surface area (Å²) in [5, 5.41) is 21.2. The Morgan fingerprint density at radius 3 is 2.13 bits per heavy atom. The van der Waals surface area contributed by atoms with Crippen molar-refractivity contribution in [2.45, 2.75) is 57.7 Å². The van der Waals surface area contributed by atoms with Gasteiger partial charge in [0.1, 0.15) is 0 Å². The van der Waals surface area contributed by atoms with Crippen LogP contribution < -0.4 is 0 Å². The number of hydroxylamine groups is 2. The van der Waals surface area contributed by atoms with E-state index in [2.05, 4.69) is 0 Å². The van der Waals surface area contributed by atoms with Crippen LogP contribution in [0.15, 0.2) is 0 Å². The van der Waals surface area contributed by atoms with Gasteiger partial charge in [-0.25, -0.2) is 4.79 Å². The van der Waals surface area contributed by atoms with Gasteiger partial charge in [0.15, 0.2) is 6.10 Å². The van der Waals surface area contributed by atoms with Crippen molar-refractivity contribution in [1.82, 2.24) is 5.06 Å². The Morgan fingerprint density at radius 2 is 1.65 bits per heavy atom. The van der Waals surface area contributed by atoms with E-state index in [1.807, 2.05) is 27.7 Å². The molecule has 0 aromatic heterocycles. The minimum Gasteiger partial charge on any atom is -0.479 e. The molecule has 0 aromatic carbocycles. The highest BCUT2D eigenvalue weighted by molar-refractivity contribution is 5.72. The van der Waals surface area contributed by atoms with Gasteiger partial charge in [0.2, 0.25) is 0 Å².